The molecule has 1 saturated heterocycles. The normalized spacial score (nSPS) is 16.9. The molecule has 2 aliphatic rings. The van der Waals surface area contributed by atoms with Gasteiger partial charge in [0.05, 0.1) is 12.3 Å². The standard InChI is InChI=1S/C22H28N8O2.CH2O2/c1-4-32-20-12-17-16(26-28(3)27-17)11-18(20)25-22(31)30-9-6-15-19(5-7-24-21(15)30)29-10-8-23-14(2)13-29;2-1-3/h5,7,11-12,14,23H,4,6,8-10,13H2,1-3H3,(H,25,31);1H,(H,2,3)/t14-;/m0./s1. The lowest BCUT2D eigenvalue weighted by atomic mass is 10.1. The minimum atomic E-state index is -0.250. The van der Waals surface area contributed by atoms with Crippen LogP contribution >= 0.6 is 0 Å². The van der Waals surface area contributed by atoms with Crippen molar-refractivity contribution in [3.8, 4) is 5.75 Å². The zero-order valence-electron chi connectivity index (χ0n) is 20.1. The van der Waals surface area contributed by atoms with Gasteiger partial charge in [0.25, 0.3) is 6.47 Å². The Morgan fingerprint density at radius 1 is 1.31 bits per heavy atom. The number of ether oxygens (including phenoxy) is 1. The van der Waals surface area contributed by atoms with Gasteiger partial charge in [-0.3, -0.25) is 9.69 Å². The van der Waals surface area contributed by atoms with E-state index in [0.717, 1.165) is 43.0 Å². The zero-order chi connectivity index (χ0) is 24.9. The van der Waals surface area contributed by atoms with Gasteiger partial charge in [-0.2, -0.15) is 15.0 Å². The number of aromatic nitrogens is 4. The molecule has 0 bridgehead atoms. The van der Waals surface area contributed by atoms with Gasteiger partial charge in [0.2, 0.25) is 0 Å². The van der Waals surface area contributed by atoms with E-state index in [2.05, 4.69) is 43.7 Å². The summed E-state index contributed by atoms with van der Waals surface area (Å²) in [6.07, 6.45) is 2.58. The molecule has 186 valence electrons. The van der Waals surface area contributed by atoms with Crippen LogP contribution in [0.4, 0.5) is 22.0 Å². The van der Waals surface area contributed by atoms with Gasteiger partial charge in [-0.05, 0) is 32.4 Å². The third-order valence-electron chi connectivity index (χ3n) is 5.93. The first-order valence-corrected chi connectivity index (χ1v) is 11.6. The number of rotatable bonds is 4. The monoisotopic (exact) mass is 482 g/mol. The predicted octanol–water partition coefficient (Wildman–Crippen LogP) is 1.86. The van der Waals surface area contributed by atoms with E-state index in [1.807, 2.05) is 6.92 Å². The number of hydrogen-bond acceptors (Lipinski definition) is 8. The second-order valence-electron chi connectivity index (χ2n) is 8.33. The smallest absolute Gasteiger partial charge is 0.327 e. The predicted molar refractivity (Wildman–Crippen MR) is 132 cm³/mol. The van der Waals surface area contributed by atoms with E-state index >= 15 is 0 Å². The number of fused-ring (bicyclic) bond motifs is 2. The molecule has 12 heteroatoms. The number of carbonyl (C=O) groups is 2. The maximum absolute atomic E-state index is 13.3. The highest BCUT2D eigenvalue weighted by Gasteiger charge is 2.31. The average Bonchev–Trinajstić information content (AvgIpc) is 3.42. The molecule has 1 atom stereocenters. The van der Waals surface area contributed by atoms with Crippen molar-refractivity contribution in [2.75, 3.05) is 47.9 Å². The lowest BCUT2D eigenvalue weighted by Gasteiger charge is -2.34. The molecular weight excluding hydrogens is 452 g/mol. The zero-order valence-corrected chi connectivity index (χ0v) is 20.1. The second-order valence-corrected chi connectivity index (χ2v) is 8.33. The summed E-state index contributed by atoms with van der Waals surface area (Å²) >= 11 is 0. The molecule has 1 aromatic carbocycles. The molecule has 0 saturated carbocycles. The van der Waals surface area contributed by atoms with Gasteiger partial charge < -0.3 is 25.4 Å². The summed E-state index contributed by atoms with van der Waals surface area (Å²) in [4.78, 5) is 31.8. The highest BCUT2D eigenvalue weighted by Crippen LogP contribution is 2.35. The average molecular weight is 483 g/mol. The Hall–Kier alpha value is -3.93. The Morgan fingerprint density at radius 2 is 2.06 bits per heavy atom. The number of carbonyl (C=O) groups excluding carboxylic acids is 1. The van der Waals surface area contributed by atoms with Crippen LogP contribution < -0.4 is 25.2 Å². The third-order valence-corrected chi connectivity index (χ3v) is 5.93. The van der Waals surface area contributed by atoms with E-state index in [0.29, 0.717) is 36.1 Å². The van der Waals surface area contributed by atoms with Crippen molar-refractivity contribution in [2.24, 2.45) is 7.05 Å². The van der Waals surface area contributed by atoms with Crippen LogP contribution in [0.3, 0.4) is 0 Å². The minimum absolute atomic E-state index is 0.230. The molecule has 4 heterocycles. The summed E-state index contributed by atoms with van der Waals surface area (Å²) in [6.45, 7) is 7.76. The van der Waals surface area contributed by atoms with E-state index in [1.165, 1.54) is 10.5 Å². The van der Waals surface area contributed by atoms with Crippen molar-refractivity contribution in [3.63, 3.8) is 0 Å². The number of urea groups is 1. The van der Waals surface area contributed by atoms with Crippen molar-refractivity contribution >= 4 is 40.7 Å². The molecule has 2 amide bonds. The van der Waals surface area contributed by atoms with E-state index in [9.17, 15) is 4.79 Å². The number of nitrogens with one attached hydrogen (secondary N) is 2. The number of piperazine rings is 1. The number of aryl methyl sites for hydroxylation is 1. The Labute approximate surface area is 202 Å². The molecule has 1 fully saturated rings. The highest BCUT2D eigenvalue weighted by molar-refractivity contribution is 6.04. The van der Waals surface area contributed by atoms with Crippen LogP contribution in [0.1, 0.15) is 19.4 Å². The lowest BCUT2D eigenvalue weighted by Crippen LogP contribution is -2.49. The molecule has 0 unspecified atom stereocenters. The van der Waals surface area contributed by atoms with Gasteiger partial charge in [0.15, 0.2) is 0 Å². The van der Waals surface area contributed by atoms with Crippen molar-refractivity contribution in [3.05, 3.63) is 30.0 Å². The molecule has 35 heavy (non-hydrogen) atoms. The topological polar surface area (TPSA) is 138 Å². The number of benzene rings is 1. The Bertz CT molecular complexity index is 1210. The largest absolute Gasteiger partial charge is 0.492 e. The van der Waals surface area contributed by atoms with Crippen LogP contribution in [0.5, 0.6) is 5.75 Å². The molecule has 2 aromatic heterocycles. The van der Waals surface area contributed by atoms with E-state index in [4.69, 9.17) is 14.6 Å². The van der Waals surface area contributed by atoms with Gasteiger partial charge >= 0.3 is 6.03 Å². The molecule has 3 aromatic rings. The number of nitrogens with zero attached hydrogens (tertiary/aromatic N) is 6. The van der Waals surface area contributed by atoms with Crippen molar-refractivity contribution in [2.45, 2.75) is 26.3 Å². The molecule has 2 aliphatic heterocycles. The molecule has 12 nitrogen and oxygen atoms in total. The molecule has 0 aliphatic carbocycles. The Morgan fingerprint density at radius 3 is 2.77 bits per heavy atom. The van der Waals surface area contributed by atoms with Crippen LogP contribution in [0.25, 0.3) is 11.0 Å². The van der Waals surface area contributed by atoms with Gasteiger partial charge in [0.1, 0.15) is 22.6 Å². The van der Waals surface area contributed by atoms with Gasteiger partial charge in [0, 0.05) is 62.8 Å². The van der Waals surface area contributed by atoms with Gasteiger partial charge in [-0.25, -0.2) is 9.78 Å². The fourth-order valence-electron chi connectivity index (χ4n) is 4.53. The maximum atomic E-state index is 13.3. The molecular formula is C23H30N8O4. The van der Waals surface area contributed by atoms with Crippen LogP contribution in [-0.2, 0) is 18.3 Å². The van der Waals surface area contributed by atoms with E-state index in [-0.39, 0.29) is 12.5 Å². The number of amides is 2. The van der Waals surface area contributed by atoms with Crippen LogP contribution in [0, 0.1) is 0 Å². The molecule has 0 spiro atoms. The number of anilines is 3. The molecule has 0 radical (unpaired) electrons. The minimum Gasteiger partial charge on any atom is -0.492 e. The van der Waals surface area contributed by atoms with Crippen molar-refractivity contribution < 1.29 is 19.4 Å². The SMILES string of the molecule is CCOc1cc2nn(C)nc2cc1NC(=O)N1CCc2c(N3CCN[C@@H](C)C3)ccnc21.O=CO. The van der Waals surface area contributed by atoms with Crippen molar-refractivity contribution in [1.82, 2.24) is 25.3 Å². The van der Waals surface area contributed by atoms with Crippen LogP contribution in [-0.4, -0.2) is 76.4 Å². The molecule has 5 rings (SSSR count). The Balaban J connectivity index is 0.000000917. The summed E-state index contributed by atoms with van der Waals surface area (Å²) in [5.41, 5.74) is 4.30. The summed E-state index contributed by atoms with van der Waals surface area (Å²) < 4.78 is 5.76. The summed E-state index contributed by atoms with van der Waals surface area (Å²) in [5, 5.41) is 22.0. The Kier molecular flexibility index (Phi) is 7.30. The van der Waals surface area contributed by atoms with Crippen molar-refractivity contribution in [1.29, 1.82) is 0 Å². The van der Waals surface area contributed by atoms with Gasteiger partial charge in [-0.15, -0.1) is 0 Å². The first-order valence-electron chi connectivity index (χ1n) is 11.6. The maximum Gasteiger partial charge on any atom is 0.327 e. The number of hydrogen-bond donors (Lipinski definition) is 3. The quantitative estimate of drug-likeness (QED) is 0.476. The molecule has 3 N–H and O–H groups in total. The van der Waals surface area contributed by atoms with Crippen LogP contribution in [0.15, 0.2) is 24.4 Å². The first kappa shape index (κ1) is 24.2. The number of carboxylic acid groups (broad SMARTS) is 1. The summed E-state index contributed by atoms with van der Waals surface area (Å²) in [7, 11) is 1.77. The summed E-state index contributed by atoms with van der Waals surface area (Å²) in [5.74, 6) is 1.30. The van der Waals surface area contributed by atoms with Gasteiger partial charge in [-0.1, -0.05) is 0 Å². The van der Waals surface area contributed by atoms with E-state index in [1.54, 1.807) is 30.3 Å². The first-order chi connectivity index (χ1) is 16.9. The van der Waals surface area contributed by atoms with Crippen LogP contribution in [0.2, 0.25) is 0 Å². The number of pyridine rings is 1. The highest BCUT2D eigenvalue weighted by atomic mass is 16.5. The third kappa shape index (κ3) is 5.11. The fourth-order valence-corrected chi connectivity index (χ4v) is 4.53. The second kappa shape index (κ2) is 10.6. The summed E-state index contributed by atoms with van der Waals surface area (Å²) in [6, 6.07) is 5.87. The fraction of sp³-hybridized carbons (Fsp3) is 0.435. The van der Waals surface area contributed by atoms with E-state index < -0.39 is 0 Å². The lowest BCUT2D eigenvalue weighted by molar-refractivity contribution is -0.122.